The van der Waals surface area contributed by atoms with E-state index in [1.54, 1.807) is 12.2 Å². The van der Waals surface area contributed by atoms with Gasteiger partial charge in [-0.1, -0.05) is 23.9 Å². The Morgan fingerprint density at radius 2 is 2.50 bits per heavy atom. The van der Waals surface area contributed by atoms with Gasteiger partial charge in [-0.25, -0.2) is 4.98 Å². The van der Waals surface area contributed by atoms with Gasteiger partial charge >= 0.3 is 0 Å². The van der Waals surface area contributed by atoms with E-state index in [1.807, 2.05) is 6.26 Å². The van der Waals surface area contributed by atoms with E-state index in [1.165, 1.54) is 18.0 Å². The summed E-state index contributed by atoms with van der Waals surface area (Å²) in [5.41, 5.74) is 0.356. The molecule has 1 heterocycles. The fourth-order valence-corrected chi connectivity index (χ4v) is 1.25. The SMILES string of the molecule is CSc1ncc(C=CCCO)c(=O)[nH]1. The van der Waals surface area contributed by atoms with E-state index in [0.717, 1.165) is 0 Å². The van der Waals surface area contributed by atoms with Gasteiger partial charge in [-0.2, -0.15) is 0 Å². The molecule has 2 N–H and O–H groups in total. The Hall–Kier alpha value is -1.07. The molecule has 14 heavy (non-hydrogen) atoms. The number of aliphatic hydroxyl groups excluding tert-OH is 1. The molecule has 0 bridgehead atoms. The zero-order valence-corrected chi connectivity index (χ0v) is 8.67. The largest absolute Gasteiger partial charge is 0.396 e. The summed E-state index contributed by atoms with van der Waals surface area (Å²) >= 11 is 1.39. The number of H-pyrrole nitrogens is 1. The van der Waals surface area contributed by atoms with Crippen LogP contribution in [0.2, 0.25) is 0 Å². The number of hydrogen-bond acceptors (Lipinski definition) is 4. The molecule has 76 valence electrons. The van der Waals surface area contributed by atoms with E-state index < -0.39 is 0 Å². The Morgan fingerprint density at radius 1 is 1.71 bits per heavy atom. The van der Waals surface area contributed by atoms with Crippen molar-refractivity contribution >= 4 is 17.8 Å². The number of nitrogens with zero attached hydrogens (tertiary/aromatic N) is 1. The van der Waals surface area contributed by atoms with Crippen LogP contribution in [-0.2, 0) is 0 Å². The average molecular weight is 212 g/mol. The lowest BCUT2D eigenvalue weighted by molar-refractivity contribution is 0.303. The van der Waals surface area contributed by atoms with E-state index in [4.69, 9.17) is 5.11 Å². The van der Waals surface area contributed by atoms with Gasteiger partial charge in [0.15, 0.2) is 5.16 Å². The molecule has 1 aromatic rings. The lowest BCUT2D eigenvalue weighted by atomic mass is 10.3. The zero-order chi connectivity index (χ0) is 10.4. The molecule has 5 heteroatoms. The van der Waals surface area contributed by atoms with Crippen molar-refractivity contribution in [1.29, 1.82) is 0 Å². The molecule has 0 radical (unpaired) electrons. The Kier molecular flexibility index (Phi) is 4.42. The van der Waals surface area contributed by atoms with Gasteiger partial charge in [0.2, 0.25) is 0 Å². The average Bonchev–Trinajstić information content (AvgIpc) is 2.20. The molecule has 0 aromatic carbocycles. The van der Waals surface area contributed by atoms with Crippen molar-refractivity contribution in [3.8, 4) is 0 Å². The minimum Gasteiger partial charge on any atom is -0.396 e. The van der Waals surface area contributed by atoms with Crippen LogP contribution >= 0.6 is 11.8 Å². The fraction of sp³-hybridized carbons (Fsp3) is 0.333. The first kappa shape index (κ1) is 11.0. The van der Waals surface area contributed by atoms with Gasteiger partial charge in [0.05, 0.1) is 5.56 Å². The number of rotatable bonds is 4. The molecule has 0 aliphatic heterocycles. The first-order valence-corrected chi connectivity index (χ1v) is 5.41. The van der Waals surface area contributed by atoms with Gasteiger partial charge in [-0.05, 0) is 12.7 Å². The van der Waals surface area contributed by atoms with Crippen LogP contribution in [0.25, 0.3) is 6.08 Å². The summed E-state index contributed by atoms with van der Waals surface area (Å²) in [4.78, 5) is 18.0. The number of aromatic amines is 1. The summed E-state index contributed by atoms with van der Waals surface area (Å²) in [6.07, 6.45) is 7.32. The quantitative estimate of drug-likeness (QED) is 0.574. The third-order valence-corrected chi connectivity index (χ3v) is 2.18. The molecule has 0 spiro atoms. The predicted molar refractivity (Wildman–Crippen MR) is 57.4 cm³/mol. The minimum atomic E-state index is -0.154. The summed E-state index contributed by atoms with van der Waals surface area (Å²) in [6.45, 7) is 0.0880. The van der Waals surface area contributed by atoms with E-state index in [-0.39, 0.29) is 12.2 Å². The van der Waals surface area contributed by atoms with Crippen LogP contribution in [0.4, 0.5) is 0 Å². The standard InChI is InChI=1S/C9H12N2O2S/c1-14-9-10-6-7(8(13)11-9)4-2-3-5-12/h2,4,6,12H,3,5H2,1H3,(H,10,11,13). The second-order valence-corrected chi connectivity index (χ2v) is 3.39. The Labute approximate surface area is 86.1 Å². The van der Waals surface area contributed by atoms with Crippen LogP contribution in [0.3, 0.4) is 0 Å². The summed E-state index contributed by atoms with van der Waals surface area (Å²) in [5.74, 6) is 0. The maximum atomic E-state index is 11.4. The first-order valence-electron chi connectivity index (χ1n) is 4.18. The van der Waals surface area contributed by atoms with Crippen molar-refractivity contribution in [2.75, 3.05) is 12.9 Å². The van der Waals surface area contributed by atoms with Crippen molar-refractivity contribution in [3.63, 3.8) is 0 Å². The van der Waals surface area contributed by atoms with Crippen molar-refractivity contribution in [2.45, 2.75) is 11.6 Å². The molecule has 1 aromatic heterocycles. The molecule has 0 unspecified atom stereocenters. The monoisotopic (exact) mass is 212 g/mol. The van der Waals surface area contributed by atoms with E-state index >= 15 is 0 Å². The van der Waals surface area contributed by atoms with Crippen LogP contribution in [0.1, 0.15) is 12.0 Å². The topological polar surface area (TPSA) is 66.0 Å². The van der Waals surface area contributed by atoms with Crippen LogP contribution in [0.15, 0.2) is 22.2 Å². The van der Waals surface area contributed by atoms with Gasteiger partial charge in [0.25, 0.3) is 5.56 Å². The first-order chi connectivity index (χ1) is 6.77. The van der Waals surface area contributed by atoms with E-state index in [0.29, 0.717) is 17.1 Å². The fourth-order valence-electron chi connectivity index (χ4n) is 0.896. The molecule has 0 atom stereocenters. The van der Waals surface area contributed by atoms with Crippen LogP contribution in [0.5, 0.6) is 0 Å². The third kappa shape index (κ3) is 3.01. The summed E-state index contributed by atoms with van der Waals surface area (Å²) in [5, 5.41) is 9.15. The molecular formula is C9H12N2O2S. The maximum Gasteiger partial charge on any atom is 0.258 e. The third-order valence-electron chi connectivity index (χ3n) is 1.59. The number of thioether (sulfide) groups is 1. The van der Waals surface area contributed by atoms with Crippen LogP contribution < -0.4 is 5.56 Å². The molecule has 1 rings (SSSR count). The second-order valence-electron chi connectivity index (χ2n) is 2.59. The van der Waals surface area contributed by atoms with Crippen molar-refractivity contribution in [1.82, 2.24) is 9.97 Å². The normalized spacial score (nSPS) is 11.0. The molecule has 0 aliphatic rings. The van der Waals surface area contributed by atoms with Crippen LogP contribution in [0, 0.1) is 0 Å². The molecule has 0 amide bonds. The van der Waals surface area contributed by atoms with Crippen LogP contribution in [-0.4, -0.2) is 27.9 Å². The van der Waals surface area contributed by atoms with Crippen molar-refractivity contribution in [2.24, 2.45) is 0 Å². The van der Waals surface area contributed by atoms with Gasteiger partial charge in [0.1, 0.15) is 0 Å². The summed E-state index contributed by atoms with van der Waals surface area (Å²) in [7, 11) is 0. The molecule has 0 aliphatic carbocycles. The smallest absolute Gasteiger partial charge is 0.258 e. The van der Waals surface area contributed by atoms with Gasteiger partial charge in [0, 0.05) is 12.8 Å². The lowest BCUT2D eigenvalue weighted by Crippen LogP contribution is -2.10. The Balaban J connectivity index is 2.84. The van der Waals surface area contributed by atoms with Gasteiger partial charge in [-0.3, -0.25) is 4.79 Å². The molecule has 4 nitrogen and oxygen atoms in total. The number of hydrogen-bond donors (Lipinski definition) is 2. The molecule has 0 saturated heterocycles. The predicted octanol–water partition coefficient (Wildman–Crippen LogP) is 0.887. The molecular weight excluding hydrogens is 200 g/mol. The van der Waals surface area contributed by atoms with Gasteiger partial charge < -0.3 is 10.1 Å². The molecule has 0 saturated carbocycles. The second kappa shape index (κ2) is 5.62. The van der Waals surface area contributed by atoms with E-state index in [9.17, 15) is 4.79 Å². The lowest BCUT2D eigenvalue weighted by Gasteiger charge is -1.95. The highest BCUT2D eigenvalue weighted by molar-refractivity contribution is 7.98. The van der Waals surface area contributed by atoms with Crippen molar-refractivity contribution in [3.05, 3.63) is 28.2 Å². The zero-order valence-electron chi connectivity index (χ0n) is 7.86. The summed E-state index contributed by atoms with van der Waals surface area (Å²) in [6, 6.07) is 0. The van der Waals surface area contributed by atoms with Crippen molar-refractivity contribution < 1.29 is 5.11 Å². The summed E-state index contributed by atoms with van der Waals surface area (Å²) < 4.78 is 0. The highest BCUT2D eigenvalue weighted by Gasteiger charge is 1.97. The Bertz CT molecular complexity index is 373. The number of aromatic nitrogens is 2. The highest BCUT2D eigenvalue weighted by Crippen LogP contribution is 2.04. The van der Waals surface area contributed by atoms with Gasteiger partial charge in [-0.15, -0.1) is 0 Å². The highest BCUT2D eigenvalue weighted by atomic mass is 32.2. The number of aliphatic hydroxyl groups is 1. The maximum absolute atomic E-state index is 11.4. The minimum absolute atomic E-state index is 0.0880. The number of nitrogens with one attached hydrogen (secondary N) is 1. The molecule has 0 fully saturated rings. The van der Waals surface area contributed by atoms with E-state index in [2.05, 4.69) is 9.97 Å². The Morgan fingerprint density at radius 3 is 3.07 bits per heavy atom.